The van der Waals surface area contributed by atoms with E-state index < -0.39 is 11.9 Å². The fraction of sp³-hybridized carbons (Fsp3) is 0.286. The van der Waals surface area contributed by atoms with Crippen molar-refractivity contribution in [1.29, 1.82) is 0 Å². The van der Waals surface area contributed by atoms with Crippen molar-refractivity contribution in [2.75, 3.05) is 7.11 Å². The molecule has 0 aliphatic heterocycles. The molecule has 1 N–H and O–H groups in total. The number of aromatic carboxylic acids is 1. The van der Waals surface area contributed by atoms with Crippen molar-refractivity contribution < 1.29 is 23.4 Å². The first kappa shape index (κ1) is 15.0. The molecule has 1 aromatic carbocycles. The number of carboxylic acid groups (broad SMARTS) is 1. The normalized spacial score (nSPS) is 11.5. The van der Waals surface area contributed by atoms with Gasteiger partial charge in [-0.3, -0.25) is 4.68 Å². The van der Waals surface area contributed by atoms with Crippen molar-refractivity contribution in [2.24, 2.45) is 7.05 Å². The SMILES string of the molecule is COc1ccc(-c2cc(C(=O)O)nn2C)cc1C(C)(F)F. The average Bonchev–Trinajstić information content (AvgIpc) is 2.79. The lowest BCUT2D eigenvalue weighted by atomic mass is 10.0. The van der Waals surface area contributed by atoms with Crippen LogP contribution in [0.4, 0.5) is 8.78 Å². The minimum Gasteiger partial charge on any atom is -0.496 e. The van der Waals surface area contributed by atoms with Gasteiger partial charge in [-0.05, 0) is 24.3 Å². The number of methoxy groups -OCH3 is 1. The lowest BCUT2D eigenvalue weighted by Crippen LogP contribution is -2.09. The highest BCUT2D eigenvalue weighted by molar-refractivity contribution is 5.87. The number of nitrogens with zero attached hydrogens (tertiary/aromatic N) is 2. The highest BCUT2D eigenvalue weighted by Crippen LogP contribution is 2.37. The molecule has 0 radical (unpaired) electrons. The van der Waals surface area contributed by atoms with E-state index in [1.54, 1.807) is 13.1 Å². The number of benzene rings is 1. The fourth-order valence-corrected chi connectivity index (χ4v) is 2.05. The summed E-state index contributed by atoms with van der Waals surface area (Å²) in [7, 11) is 2.87. The average molecular weight is 296 g/mol. The van der Waals surface area contributed by atoms with Crippen LogP contribution in [0.15, 0.2) is 24.3 Å². The number of carboxylic acids is 1. The monoisotopic (exact) mass is 296 g/mol. The van der Waals surface area contributed by atoms with Gasteiger partial charge in [0, 0.05) is 19.5 Å². The minimum atomic E-state index is -3.07. The number of aromatic nitrogens is 2. The third kappa shape index (κ3) is 2.86. The van der Waals surface area contributed by atoms with E-state index in [-0.39, 0.29) is 17.0 Å². The van der Waals surface area contributed by atoms with Gasteiger partial charge in [0.25, 0.3) is 5.92 Å². The number of ether oxygens (including phenoxy) is 1. The summed E-state index contributed by atoms with van der Waals surface area (Å²) in [5.74, 6) is -4.17. The van der Waals surface area contributed by atoms with Gasteiger partial charge in [-0.15, -0.1) is 0 Å². The summed E-state index contributed by atoms with van der Waals surface area (Å²) in [5, 5.41) is 12.7. The van der Waals surface area contributed by atoms with Crippen LogP contribution in [0.5, 0.6) is 5.75 Å². The zero-order valence-electron chi connectivity index (χ0n) is 11.7. The maximum absolute atomic E-state index is 13.6. The molecule has 2 rings (SSSR count). The van der Waals surface area contributed by atoms with Crippen LogP contribution >= 0.6 is 0 Å². The Hall–Kier alpha value is -2.44. The molecule has 112 valence electrons. The van der Waals surface area contributed by atoms with Gasteiger partial charge in [0.15, 0.2) is 5.69 Å². The number of aryl methyl sites for hydroxylation is 1. The van der Waals surface area contributed by atoms with Gasteiger partial charge in [-0.25, -0.2) is 13.6 Å². The Kier molecular flexibility index (Phi) is 3.67. The van der Waals surface area contributed by atoms with Gasteiger partial charge in [0.2, 0.25) is 0 Å². The van der Waals surface area contributed by atoms with Gasteiger partial charge in [-0.2, -0.15) is 5.10 Å². The standard InChI is InChI=1S/C14H14F2N2O3/c1-14(15,16)9-6-8(4-5-12(9)21-3)11-7-10(13(19)20)17-18(11)2/h4-7H,1-3H3,(H,19,20). The first-order valence-electron chi connectivity index (χ1n) is 6.08. The first-order chi connectivity index (χ1) is 9.74. The van der Waals surface area contributed by atoms with E-state index >= 15 is 0 Å². The molecule has 0 unspecified atom stereocenters. The van der Waals surface area contributed by atoms with Crippen LogP contribution in [-0.4, -0.2) is 28.0 Å². The number of alkyl halides is 2. The summed E-state index contributed by atoms with van der Waals surface area (Å²) in [6, 6.07) is 5.62. The predicted molar refractivity (Wildman–Crippen MR) is 71.7 cm³/mol. The molecule has 0 spiro atoms. The Balaban J connectivity index is 2.58. The van der Waals surface area contributed by atoms with Crippen molar-refractivity contribution in [1.82, 2.24) is 9.78 Å². The Labute approximate surface area is 119 Å². The van der Waals surface area contributed by atoms with E-state index in [0.717, 1.165) is 6.92 Å². The van der Waals surface area contributed by atoms with E-state index in [9.17, 15) is 13.6 Å². The largest absolute Gasteiger partial charge is 0.496 e. The van der Waals surface area contributed by atoms with E-state index in [4.69, 9.17) is 9.84 Å². The maximum Gasteiger partial charge on any atom is 0.356 e. The second kappa shape index (κ2) is 5.16. The molecule has 0 fully saturated rings. The third-order valence-corrected chi connectivity index (χ3v) is 3.07. The molecule has 0 aliphatic carbocycles. The van der Waals surface area contributed by atoms with Crippen LogP contribution in [0, 0.1) is 0 Å². The highest BCUT2D eigenvalue weighted by Gasteiger charge is 2.29. The number of carbonyl (C=O) groups is 1. The van der Waals surface area contributed by atoms with Crippen LogP contribution in [-0.2, 0) is 13.0 Å². The van der Waals surface area contributed by atoms with Crippen molar-refractivity contribution >= 4 is 5.97 Å². The van der Waals surface area contributed by atoms with Gasteiger partial charge in [0.1, 0.15) is 5.75 Å². The Morgan fingerprint density at radius 3 is 2.52 bits per heavy atom. The molecule has 0 amide bonds. The van der Waals surface area contributed by atoms with E-state index in [1.807, 2.05) is 0 Å². The van der Waals surface area contributed by atoms with Crippen molar-refractivity contribution in [3.63, 3.8) is 0 Å². The Bertz CT molecular complexity index is 690. The predicted octanol–water partition coefficient (Wildman–Crippen LogP) is 2.91. The molecular formula is C14H14F2N2O3. The number of hydrogen-bond donors (Lipinski definition) is 1. The van der Waals surface area contributed by atoms with Crippen LogP contribution in [0.1, 0.15) is 23.0 Å². The first-order valence-corrected chi connectivity index (χ1v) is 6.08. The molecule has 0 aliphatic rings. The third-order valence-electron chi connectivity index (χ3n) is 3.07. The van der Waals surface area contributed by atoms with E-state index in [1.165, 1.54) is 30.0 Å². The molecule has 21 heavy (non-hydrogen) atoms. The topological polar surface area (TPSA) is 64.3 Å². The molecular weight excluding hydrogens is 282 g/mol. The minimum absolute atomic E-state index is 0.0758. The molecule has 7 heteroatoms. The molecule has 1 heterocycles. The van der Waals surface area contributed by atoms with Gasteiger partial charge in [0.05, 0.1) is 18.4 Å². The summed E-state index contributed by atoms with van der Waals surface area (Å²) in [6.07, 6.45) is 0. The lowest BCUT2D eigenvalue weighted by molar-refractivity contribution is 0.0151. The summed E-state index contributed by atoms with van der Waals surface area (Å²) in [6.45, 7) is 0.778. The van der Waals surface area contributed by atoms with Crippen molar-refractivity contribution in [3.05, 3.63) is 35.5 Å². The summed E-state index contributed by atoms with van der Waals surface area (Å²) >= 11 is 0. The quantitative estimate of drug-likeness (QED) is 0.942. The fourth-order valence-electron chi connectivity index (χ4n) is 2.05. The summed E-state index contributed by atoms with van der Waals surface area (Å²) in [5.41, 5.74) is 0.462. The number of hydrogen-bond acceptors (Lipinski definition) is 3. The van der Waals surface area contributed by atoms with Crippen LogP contribution in [0.2, 0.25) is 0 Å². The second-order valence-corrected chi connectivity index (χ2v) is 4.65. The van der Waals surface area contributed by atoms with Gasteiger partial charge in [-0.1, -0.05) is 0 Å². The Morgan fingerprint density at radius 2 is 2.05 bits per heavy atom. The molecule has 2 aromatic rings. The molecule has 0 saturated heterocycles. The van der Waals surface area contributed by atoms with Gasteiger partial charge < -0.3 is 9.84 Å². The van der Waals surface area contributed by atoms with E-state index in [0.29, 0.717) is 11.3 Å². The number of rotatable bonds is 4. The lowest BCUT2D eigenvalue weighted by Gasteiger charge is -2.16. The van der Waals surface area contributed by atoms with Crippen molar-refractivity contribution in [3.8, 4) is 17.0 Å². The smallest absolute Gasteiger partial charge is 0.356 e. The molecule has 0 atom stereocenters. The second-order valence-electron chi connectivity index (χ2n) is 4.65. The highest BCUT2D eigenvalue weighted by atomic mass is 19.3. The van der Waals surface area contributed by atoms with E-state index in [2.05, 4.69) is 5.10 Å². The molecule has 0 bridgehead atoms. The summed E-state index contributed by atoms with van der Waals surface area (Å²) in [4.78, 5) is 10.9. The molecule has 0 saturated carbocycles. The number of halogens is 2. The molecule has 5 nitrogen and oxygen atoms in total. The van der Waals surface area contributed by atoms with Crippen LogP contribution < -0.4 is 4.74 Å². The van der Waals surface area contributed by atoms with Crippen LogP contribution in [0.3, 0.4) is 0 Å². The summed E-state index contributed by atoms with van der Waals surface area (Å²) < 4.78 is 33.5. The zero-order valence-corrected chi connectivity index (χ0v) is 11.7. The zero-order chi connectivity index (χ0) is 15.8. The van der Waals surface area contributed by atoms with Crippen molar-refractivity contribution in [2.45, 2.75) is 12.8 Å². The Morgan fingerprint density at radius 1 is 1.38 bits per heavy atom. The van der Waals surface area contributed by atoms with Gasteiger partial charge >= 0.3 is 5.97 Å². The maximum atomic E-state index is 13.6. The van der Waals surface area contributed by atoms with Crippen LogP contribution in [0.25, 0.3) is 11.3 Å². The molecule has 1 aromatic heterocycles.